The van der Waals surface area contributed by atoms with Crippen LogP contribution in [0.4, 0.5) is 0 Å². The third-order valence-corrected chi connectivity index (χ3v) is 4.76. The van der Waals surface area contributed by atoms with E-state index in [0.717, 1.165) is 30.7 Å². The Balaban J connectivity index is 1.52. The van der Waals surface area contributed by atoms with Gasteiger partial charge in [0.2, 0.25) is 17.6 Å². The molecule has 1 atom stereocenters. The Hall–Kier alpha value is -2.96. The van der Waals surface area contributed by atoms with Crippen LogP contribution < -0.4 is 0 Å². The van der Waals surface area contributed by atoms with E-state index in [1.54, 1.807) is 6.20 Å². The molecular weight excluding hydrogens is 330 g/mol. The number of imidazole rings is 1. The minimum atomic E-state index is -0.152. The number of carbonyl (C=O) groups is 1. The summed E-state index contributed by atoms with van der Waals surface area (Å²) in [6.45, 7) is 3.04. The number of benzene rings is 1. The van der Waals surface area contributed by atoms with Crippen LogP contribution >= 0.6 is 0 Å². The van der Waals surface area contributed by atoms with Crippen LogP contribution in [0, 0.1) is 0 Å². The van der Waals surface area contributed by atoms with Crippen LogP contribution in [0.5, 0.6) is 0 Å². The van der Waals surface area contributed by atoms with Gasteiger partial charge in [0.05, 0.1) is 0 Å². The largest absolute Gasteiger partial charge is 0.337 e. The lowest BCUT2D eigenvalue weighted by atomic mass is 10.2. The zero-order valence-electron chi connectivity index (χ0n) is 14.7. The molecule has 1 aromatic carbocycles. The highest BCUT2D eigenvalue weighted by Crippen LogP contribution is 2.32. The van der Waals surface area contributed by atoms with Gasteiger partial charge in [-0.1, -0.05) is 42.4 Å². The zero-order chi connectivity index (χ0) is 17.9. The number of aryl methyl sites for hydroxylation is 1. The zero-order valence-corrected chi connectivity index (χ0v) is 14.7. The monoisotopic (exact) mass is 351 g/mol. The molecule has 1 saturated heterocycles. The molecule has 0 aliphatic carbocycles. The smallest absolute Gasteiger partial charge is 0.249 e. The van der Waals surface area contributed by atoms with E-state index in [2.05, 4.69) is 15.1 Å². The molecule has 1 amide bonds. The van der Waals surface area contributed by atoms with E-state index in [1.807, 2.05) is 52.9 Å². The topological polar surface area (TPSA) is 77.1 Å². The summed E-state index contributed by atoms with van der Waals surface area (Å²) >= 11 is 0. The normalized spacial score (nSPS) is 17.0. The molecule has 7 nitrogen and oxygen atoms in total. The maximum atomic E-state index is 12.8. The lowest BCUT2D eigenvalue weighted by molar-refractivity contribution is -0.133. The number of hydrogen-bond acceptors (Lipinski definition) is 5. The van der Waals surface area contributed by atoms with Crippen molar-refractivity contribution < 1.29 is 9.32 Å². The maximum Gasteiger partial charge on any atom is 0.249 e. The summed E-state index contributed by atoms with van der Waals surface area (Å²) < 4.78 is 7.39. The molecule has 26 heavy (non-hydrogen) atoms. The molecule has 3 aromatic rings. The number of amides is 1. The lowest BCUT2D eigenvalue weighted by Gasteiger charge is -2.22. The van der Waals surface area contributed by atoms with Crippen molar-refractivity contribution in [3.05, 3.63) is 54.4 Å². The molecule has 2 aromatic heterocycles. The maximum absolute atomic E-state index is 12.8. The van der Waals surface area contributed by atoms with Gasteiger partial charge in [-0.3, -0.25) is 4.79 Å². The molecule has 0 bridgehead atoms. The average Bonchev–Trinajstić information content (AvgIpc) is 3.41. The standard InChI is InChI=1S/C19H21N5O2/c1-2-16-20-10-12-23(16)13-17(25)24-11-6-9-15(24)19-21-18(22-26-19)14-7-4-3-5-8-14/h3-5,7-8,10,12,15H,2,6,9,11,13H2,1H3/t15-/m1/s1. The van der Waals surface area contributed by atoms with Crippen molar-refractivity contribution in [2.75, 3.05) is 6.54 Å². The molecule has 3 heterocycles. The molecule has 1 aliphatic rings. The average molecular weight is 351 g/mol. The van der Waals surface area contributed by atoms with Gasteiger partial charge in [-0.25, -0.2) is 4.98 Å². The Kier molecular flexibility index (Phi) is 4.51. The van der Waals surface area contributed by atoms with Gasteiger partial charge >= 0.3 is 0 Å². The molecule has 0 unspecified atom stereocenters. The van der Waals surface area contributed by atoms with Gasteiger partial charge in [0.25, 0.3) is 0 Å². The van der Waals surface area contributed by atoms with Gasteiger partial charge in [0.1, 0.15) is 18.4 Å². The van der Waals surface area contributed by atoms with Crippen LogP contribution in [0.15, 0.2) is 47.2 Å². The van der Waals surface area contributed by atoms with E-state index in [1.165, 1.54) is 0 Å². The van der Waals surface area contributed by atoms with Crippen LogP contribution in [0.25, 0.3) is 11.4 Å². The molecule has 7 heteroatoms. The van der Waals surface area contributed by atoms with E-state index in [4.69, 9.17) is 4.52 Å². The predicted octanol–water partition coefficient (Wildman–Crippen LogP) is 2.86. The highest BCUT2D eigenvalue weighted by atomic mass is 16.5. The molecule has 0 radical (unpaired) electrons. The van der Waals surface area contributed by atoms with E-state index in [-0.39, 0.29) is 11.9 Å². The summed E-state index contributed by atoms with van der Waals surface area (Å²) in [4.78, 5) is 23.5. The van der Waals surface area contributed by atoms with Crippen molar-refractivity contribution in [2.24, 2.45) is 0 Å². The van der Waals surface area contributed by atoms with Gasteiger partial charge in [0.15, 0.2) is 0 Å². The Bertz CT molecular complexity index is 886. The number of rotatable bonds is 5. The second kappa shape index (κ2) is 7.11. The first-order valence-corrected chi connectivity index (χ1v) is 8.94. The van der Waals surface area contributed by atoms with Crippen LogP contribution in [-0.2, 0) is 17.8 Å². The van der Waals surface area contributed by atoms with Gasteiger partial charge in [0, 0.05) is 30.9 Å². The first-order chi connectivity index (χ1) is 12.8. The third-order valence-electron chi connectivity index (χ3n) is 4.76. The molecule has 1 fully saturated rings. The molecular formula is C19H21N5O2. The Morgan fingerprint density at radius 2 is 2.15 bits per heavy atom. The number of carbonyl (C=O) groups excluding carboxylic acids is 1. The van der Waals surface area contributed by atoms with Crippen molar-refractivity contribution in [1.82, 2.24) is 24.6 Å². The second-order valence-electron chi connectivity index (χ2n) is 6.39. The van der Waals surface area contributed by atoms with Crippen molar-refractivity contribution >= 4 is 5.91 Å². The fourth-order valence-electron chi connectivity index (χ4n) is 3.43. The fourth-order valence-corrected chi connectivity index (χ4v) is 3.43. The van der Waals surface area contributed by atoms with Crippen molar-refractivity contribution in [1.29, 1.82) is 0 Å². The van der Waals surface area contributed by atoms with Crippen molar-refractivity contribution in [3.8, 4) is 11.4 Å². The third kappa shape index (κ3) is 3.12. The van der Waals surface area contributed by atoms with Crippen LogP contribution in [0.3, 0.4) is 0 Å². The van der Waals surface area contributed by atoms with Gasteiger partial charge in [-0.15, -0.1) is 0 Å². The Morgan fingerprint density at radius 1 is 1.31 bits per heavy atom. The first-order valence-electron chi connectivity index (χ1n) is 8.94. The molecule has 0 spiro atoms. The number of hydrogen-bond donors (Lipinski definition) is 0. The molecule has 0 saturated carbocycles. The van der Waals surface area contributed by atoms with Crippen LogP contribution in [0.1, 0.15) is 37.5 Å². The SMILES string of the molecule is CCc1nccn1CC(=O)N1CCC[C@@H]1c1nc(-c2ccccc2)no1. The lowest BCUT2D eigenvalue weighted by Crippen LogP contribution is -2.33. The second-order valence-corrected chi connectivity index (χ2v) is 6.39. The van der Waals surface area contributed by atoms with E-state index in [9.17, 15) is 4.79 Å². The number of nitrogens with zero attached hydrogens (tertiary/aromatic N) is 5. The number of likely N-dealkylation sites (tertiary alicyclic amines) is 1. The van der Waals surface area contributed by atoms with E-state index < -0.39 is 0 Å². The first kappa shape index (κ1) is 16.5. The van der Waals surface area contributed by atoms with Crippen molar-refractivity contribution in [2.45, 2.75) is 38.8 Å². The summed E-state index contributed by atoms with van der Waals surface area (Å²) in [6.07, 6.45) is 6.16. The van der Waals surface area contributed by atoms with Crippen molar-refractivity contribution in [3.63, 3.8) is 0 Å². The predicted molar refractivity (Wildman–Crippen MR) is 95.0 cm³/mol. The fraction of sp³-hybridized carbons (Fsp3) is 0.368. The summed E-state index contributed by atoms with van der Waals surface area (Å²) in [7, 11) is 0. The molecule has 134 valence electrons. The molecule has 1 aliphatic heterocycles. The molecule has 0 N–H and O–H groups in total. The molecule has 4 rings (SSSR count). The summed E-state index contributed by atoms with van der Waals surface area (Å²) in [5, 5.41) is 4.09. The summed E-state index contributed by atoms with van der Waals surface area (Å²) in [6, 6.07) is 9.55. The summed E-state index contributed by atoms with van der Waals surface area (Å²) in [5.74, 6) is 2.04. The van der Waals surface area contributed by atoms with Crippen LogP contribution in [-0.4, -0.2) is 37.0 Å². The minimum absolute atomic E-state index is 0.0552. The number of aromatic nitrogens is 4. The Labute approximate surface area is 151 Å². The highest BCUT2D eigenvalue weighted by molar-refractivity contribution is 5.76. The Morgan fingerprint density at radius 3 is 2.96 bits per heavy atom. The van der Waals surface area contributed by atoms with Gasteiger partial charge in [-0.05, 0) is 12.8 Å². The minimum Gasteiger partial charge on any atom is -0.337 e. The summed E-state index contributed by atoms with van der Waals surface area (Å²) in [5.41, 5.74) is 0.907. The van der Waals surface area contributed by atoms with E-state index >= 15 is 0 Å². The quantitative estimate of drug-likeness (QED) is 0.706. The van der Waals surface area contributed by atoms with E-state index in [0.29, 0.717) is 24.8 Å². The van der Waals surface area contributed by atoms with Crippen LogP contribution in [0.2, 0.25) is 0 Å². The highest BCUT2D eigenvalue weighted by Gasteiger charge is 2.34. The van der Waals surface area contributed by atoms with Gasteiger partial charge in [-0.2, -0.15) is 4.98 Å². The van der Waals surface area contributed by atoms with Gasteiger partial charge < -0.3 is 14.0 Å².